The van der Waals surface area contributed by atoms with Crippen LogP contribution in [0.2, 0.25) is 0 Å². The molecule has 5 aromatic carbocycles. The van der Waals surface area contributed by atoms with Crippen molar-refractivity contribution in [1.82, 2.24) is 0 Å². The minimum Gasteiger partial charge on any atom is -0.355 e. The van der Waals surface area contributed by atoms with Gasteiger partial charge < -0.3 is 10.2 Å². The van der Waals surface area contributed by atoms with Gasteiger partial charge in [-0.1, -0.05) is 111 Å². The van der Waals surface area contributed by atoms with Crippen molar-refractivity contribution in [3.05, 3.63) is 145 Å². The summed E-state index contributed by atoms with van der Waals surface area (Å²) < 4.78 is 0. The van der Waals surface area contributed by atoms with E-state index in [1.54, 1.807) is 0 Å². The zero-order chi connectivity index (χ0) is 25.0. The van der Waals surface area contributed by atoms with Crippen LogP contribution in [0.25, 0.3) is 11.1 Å². The Morgan fingerprint density at radius 2 is 1.19 bits per heavy atom. The van der Waals surface area contributed by atoms with Crippen LogP contribution in [-0.2, 0) is 5.41 Å². The van der Waals surface area contributed by atoms with E-state index in [2.05, 4.69) is 159 Å². The summed E-state index contributed by atoms with van der Waals surface area (Å²) >= 11 is 0. The Morgan fingerprint density at radius 1 is 0.611 bits per heavy atom. The monoisotopic (exact) mass is 468 g/mol. The Kier molecular flexibility index (Phi) is 6.60. The predicted octanol–water partition coefficient (Wildman–Crippen LogP) is 9.19. The van der Waals surface area contributed by atoms with Gasteiger partial charge in [0.2, 0.25) is 0 Å². The van der Waals surface area contributed by atoms with E-state index in [-0.39, 0.29) is 5.41 Å². The highest BCUT2D eigenvalue weighted by molar-refractivity contribution is 5.85. The molecule has 5 rings (SSSR count). The average molecular weight is 469 g/mol. The van der Waals surface area contributed by atoms with Gasteiger partial charge in [0.25, 0.3) is 0 Å². The van der Waals surface area contributed by atoms with Crippen molar-refractivity contribution in [1.29, 1.82) is 0 Å². The zero-order valence-corrected chi connectivity index (χ0v) is 21.1. The van der Waals surface area contributed by atoms with Gasteiger partial charge in [-0.2, -0.15) is 0 Å². The number of nitrogens with zero attached hydrogens (tertiary/aromatic N) is 1. The molecule has 0 fully saturated rings. The van der Waals surface area contributed by atoms with Crippen LogP contribution in [0.5, 0.6) is 0 Å². The minimum atomic E-state index is -0.136. The highest BCUT2D eigenvalue weighted by Gasteiger charge is 2.27. The molecule has 0 spiro atoms. The van der Waals surface area contributed by atoms with Gasteiger partial charge in [0, 0.05) is 40.8 Å². The van der Waals surface area contributed by atoms with Crippen LogP contribution in [0.1, 0.15) is 25.0 Å². The molecule has 0 aliphatic heterocycles. The van der Waals surface area contributed by atoms with Gasteiger partial charge in [0.05, 0.1) is 0 Å². The van der Waals surface area contributed by atoms with Gasteiger partial charge in [-0.25, -0.2) is 0 Å². The number of para-hydroxylation sites is 2. The van der Waals surface area contributed by atoms with Gasteiger partial charge in [-0.15, -0.1) is 0 Å². The Balaban J connectivity index is 1.57. The second kappa shape index (κ2) is 10.1. The summed E-state index contributed by atoms with van der Waals surface area (Å²) in [6.45, 7) is 4.61. The van der Waals surface area contributed by atoms with Crippen LogP contribution in [0.3, 0.4) is 0 Å². The molecule has 0 saturated heterocycles. The molecule has 0 bridgehead atoms. The molecule has 0 radical (unpaired) electrons. The molecule has 0 saturated carbocycles. The van der Waals surface area contributed by atoms with Gasteiger partial charge >= 0.3 is 0 Å². The number of hydrogen-bond donors (Lipinski definition) is 1. The standard InChI is InChI=1S/C34H32N2/c1-34(2,27-17-9-5-10-18-27)31-21-13-14-22-33(31)36(3)29-23-24-32(35-28-19-11-6-12-20-28)30(25-29)26-15-7-4-8-16-26/h4-25,35H,1-3H3. The van der Waals surface area contributed by atoms with Crippen LogP contribution >= 0.6 is 0 Å². The molecule has 0 aromatic heterocycles. The topological polar surface area (TPSA) is 15.3 Å². The average Bonchev–Trinajstić information content (AvgIpc) is 2.94. The lowest BCUT2D eigenvalue weighted by Gasteiger charge is -2.32. The van der Waals surface area contributed by atoms with E-state index in [4.69, 9.17) is 0 Å². The normalized spacial score (nSPS) is 11.2. The first-order chi connectivity index (χ1) is 17.5. The number of nitrogens with one attached hydrogen (secondary N) is 1. The summed E-state index contributed by atoms with van der Waals surface area (Å²) in [5.41, 5.74) is 9.33. The fourth-order valence-corrected chi connectivity index (χ4v) is 4.83. The highest BCUT2D eigenvalue weighted by Crippen LogP contribution is 2.41. The molecule has 0 aliphatic rings. The molecule has 178 valence electrons. The predicted molar refractivity (Wildman–Crippen MR) is 155 cm³/mol. The largest absolute Gasteiger partial charge is 0.355 e. The number of rotatable bonds is 7. The van der Waals surface area contributed by atoms with E-state index in [9.17, 15) is 0 Å². The van der Waals surface area contributed by atoms with Crippen molar-refractivity contribution in [2.24, 2.45) is 0 Å². The first-order valence-electron chi connectivity index (χ1n) is 12.4. The Hall–Kier alpha value is -4.30. The zero-order valence-electron chi connectivity index (χ0n) is 21.1. The molecule has 0 aliphatic carbocycles. The maximum Gasteiger partial charge on any atom is 0.0465 e. The first kappa shape index (κ1) is 23.4. The molecule has 5 aromatic rings. The second-order valence-electron chi connectivity index (χ2n) is 9.65. The van der Waals surface area contributed by atoms with E-state index in [0.29, 0.717) is 0 Å². The maximum absolute atomic E-state index is 3.62. The van der Waals surface area contributed by atoms with Crippen LogP contribution in [0.4, 0.5) is 22.7 Å². The van der Waals surface area contributed by atoms with Gasteiger partial charge in [0.15, 0.2) is 0 Å². The summed E-state index contributed by atoms with van der Waals surface area (Å²) in [6, 6.07) is 47.1. The summed E-state index contributed by atoms with van der Waals surface area (Å²) in [5.74, 6) is 0. The van der Waals surface area contributed by atoms with Crippen molar-refractivity contribution in [3.63, 3.8) is 0 Å². The first-order valence-corrected chi connectivity index (χ1v) is 12.4. The van der Waals surface area contributed by atoms with E-state index in [1.165, 1.54) is 27.9 Å². The molecule has 36 heavy (non-hydrogen) atoms. The molecular formula is C34H32N2. The van der Waals surface area contributed by atoms with Gasteiger partial charge in [0.1, 0.15) is 0 Å². The Morgan fingerprint density at radius 3 is 1.89 bits per heavy atom. The second-order valence-corrected chi connectivity index (χ2v) is 9.65. The lowest BCUT2D eigenvalue weighted by atomic mass is 9.77. The van der Waals surface area contributed by atoms with E-state index in [0.717, 1.165) is 17.1 Å². The van der Waals surface area contributed by atoms with Crippen LogP contribution in [-0.4, -0.2) is 7.05 Å². The van der Waals surface area contributed by atoms with Crippen molar-refractivity contribution < 1.29 is 0 Å². The Labute approximate surface area is 214 Å². The number of anilines is 4. The van der Waals surface area contributed by atoms with Crippen molar-refractivity contribution in [2.45, 2.75) is 19.3 Å². The third-order valence-electron chi connectivity index (χ3n) is 6.96. The van der Waals surface area contributed by atoms with E-state index >= 15 is 0 Å². The fraction of sp³-hybridized carbons (Fsp3) is 0.118. The third kappa shape index (κ3) is 4.76. The van der Waals surface area contributed by atoms with Crippen molar-refractivity contribution in [2.75, 3.05) is 17.3 Å². The van der Waals surface area contributed by atoms with Crippen LogP contribution in [0.15, 0.2) is 133 Å². The van der Waals surface area contributed by atoms with Crippen molar-refractivity contribution >= 4 is 22.7 Å². The van der Waals surface area contributed by atoms with Crippen LogP contribution < -0.4 is 10.2 Å². The van der Waals surface area contributed by atoms with E-state index < -0.39 is 0 Å². The maximum atomic E-state index is 3.62. The molecule has 2 heteroatoms. The summed E-state index contributed by atoms with van der Waals surface area (Å²) in [6.07, 6.45) is 0. The molecule has 0 amide bonds. The summed E-state index contributed by atoms with van der Waals surface area (Å²) in [7, 11) is 2.16. The lowest BCUT2D eigenvalue weighted by molar-refractivity contribution is 0.641. The van der Waals surface area contributed by atoms with E-state index in [1.807, 2.05) is 6.07 Å². The summed E-state index contributed by atoms with van der Waals surface area (Å²) in [4.78, 5) is 2.30. The lowest BCUT2D eigenvalue weighted by Crippen LogP contribution is -2.23. The fourth-order valence-electron chi connectivity index (χ4n) is 4.83. The smallest absolute Gasteiger partial charge is 0.0465 e. The van der Waals surface area contributed by atoms with Crippen LogP contribution in [0, 0.1) is 0 Å². The molecule has 0 atom stereocenters. The molecule has 1 N–H and O–H groups in total. The highest BCUT2D eigenvalue weighted by atomic mass is 15.1. The number of hydrogen-bond acceptors (Lipinski definition) is 2. The molecular weight excluding hydrogens is 436 g/mol. The third-order valence-corrected chi connectivity index (χ3v) is 6.96. The molecule has 0 heterocycles. The Bertz CT molecular complexity index is 1420. The molecule has 2 nitrogen and oxygen atoms in total. The summed E-state index contributed by atoms with van der Waals surface area (Å²) in [5, 5.41) is 3.62. The van der Waals surface area contributed by atoms with Crippen molar-refractivity contribution in [3.8, 4) is 11.1 Å². The number of benzene rings is 5. The van der Waals surface area contributed by atoms with Gasteiger partial charge in [-0.05, 0) is 53.1 Å². The minimum absolute atomic E-state index is 0.136. The van der Waals surface area contributed by atoms with Gasteiger partial charge in [-0.3, -0.25) is 0 Å². The quantitative estimate of drug-likeness (QED) is 0.256. The SMILES string of the molecule is CN(c1ccc(Nc2ccccc2)c(-c2ccccc2)c1)c1ccccc1C(C)(C)c1ccccc1. The molecule has 0 unspecified atom stereocenters.